The van der Waals surface area contributed by atoms with E-state index < -0.39 is 5.91 Å². The van der Waals surface area contributed by atoms with E-state index in [2.05, 4.69) is 0 Å². The molecule has 4 nitrogen and oxygen atoms in total. The number of phenols is 1. The van der Waals surface area contributed by atoms with Gasteiger partial charge in [0.15, 0.2) is 0 Å². The van der Waals surface area contributed by atoms with Crippen molar-refractivity contribution in [1.29, 1.82) is 5.26 Å². The summed E-state index contributed by atoms with van der Waals surface area (Å²) in [6.45, 7) is 0. The normalized spacial score (nSPS) is 10.9. The predicted octanol–water partition coefficient (Wildman–Crippen LogP) is 2.09. The summed E-state index contributed by atoms with van der Waals surface area (Å²) in [6, 6.07) is 4.23. The van der Waals surface area contributed by atoms with Crippen molar-refractivity contribution in [3.8, 4) is 11.8 Å². The number of nitrogens with two attached hydrogens (primary N) is 1. The van der Waals surface area contributed by atoms with Gasteiger partial charge in [0.05, 0.1) is 5.02 Å². The second-order valence-electron chi connectivity index (χ2n) is 2.85. The number of nitrogens with zero attached hydrogens (tertiary/aromatic N) is 1. The van der Waals surface area contributed by atoms with Crippen molar-refractivity contribution in [2.45, 2.75) is 0 Å². The van der Waals surface area contributed by atoms with Crippen LogP contribution in [0.4, 0.5) is 0 Å². The number of carbonyl (C=O) groups excluding carboxylic acids is 1. The third kappa shape index (κ3) is 2.66. The van der Waals surface area contributed by atoms with Gasteiger partial charge in [-0.1, -0.05) is 23.2 Å². The average Bonchev–Trinajstić information content (AvgIpc) is 2.15. The molecule has 1 aromatic carbocycles. The minimum absolute atomic E-state index is 0.124. The highest BCUT2D eigenvalue weighted by atomic mass is 35.5. The highest BCUT2D eigenvalue weighted by Crippen LogP contribution is 2.31. The summed E-state index contributed by atoms with van der Waals surface area (Å²) in [5.74, 6) is -1.13. The van der Waals surface area contributed by atoms with Crippen LogP contribution < -0.4 is 5.73 Å². The summed E-state index contributed by atoms with van der Waals surface area (Å²) < 4.78 is 0. The third-order valence-electron chi connectivity index (χ3n) is 1.75. The molecule has 0 radical (unpaired) electrons. The molecule has 0 spiro atoms. The van der Waals surface area contributed by atoms with Crippen LogP contribution in [0.2, 0.25) is 10.0 Å². The lowest BCUT2D eigenvalue weighted by atomic mass is 10.1. The Morgan fingerprint density at radius 3 is 2.56 bits per heavy atom. The molecule has 0 fully saturated rings. The number of carbonyl (C=O) groups is 1. The molecule has 3 N–H and O–H groups in total. The van der Waals surface area contributed by atoms with Gasteiger partial charge in [-0.15, -0.1) is 0 Å². The Labute approximate surface area is 101 Å². The summed E-state index contributed by atoms with van der Waals surface area (Å²) in [5, 5.41) is 18.5. The SMILES string of the molecule is N#CC(=Cc1c(O)cc(Cl)cc1Cl)C(N)=O. The molecule has 16 heavy (non-hydrogen) atoms. The van der Waals surface area contributed by atoms with Crippen molar-refractivity contribution in [2.24, 2.45) is 5.73 Å². The Morgan fingerprint density at radius 2 is 2.12 bits per heavy atom. The minimum Gasteiger partial charge on any atom is -0.507 e. The Kier molecular flexibility index (Phi) is 3.78. The molecule has 0 atom stereocenters. The maximum Gasteiger partial charge on any atom is 0.259 e. The highest BCUT2D eigenvalue weighted by Gasteiger charge is 2.10. The molecule has 0 aliphatic rings. The zero-order valence-electron chi connectivity index (χ0n) is 7.87. The van der Waals surface area contributed by atoms with Crippen molar-refractivity contribution in [1.82, 2.24) is 0 Å². The van der Waals surface area contributed by atoms with Gasteiger partial charge in [0.1, 0.15) is 17.4 Å². The van der Waals surface area contributed by atoms with Gasteiger partial charge >= 0.3 is 0 Å². The lowest BCUT2D eigenvalue weighted by Crippen LogP contribution is -2.12. The minimum atomic E-state index is -0.895. The summed E-state index contributed by atoms with van der Waals surface area (Å²) in [7, 11) is 0. The van der Waals surface area contributed by atoms with Crippen molar-refractivity contribution >= 4 is 35.2 Å². The van der Waals surface area contributed by atoms with Crippen LogP contribution in [0.25, 0.3) is 6.08 Å². The summed E-state index contributed by atoms with van der Waals surface area (Å²) in [6.07, 6.45) is 1.11. The van der Waals surface area contributed by atoms with Gasteiger partial charge in [0, 0.05) is 10.6 Å². The quantitative estimate of drug-likeness (QED) is 0.628. The molecule has 1 rings (SSSR count). The molecule has 6 heteroatoms. The van der Waals surface area contributed by atoms with E-state index >= 15 is 0 Å². The number of halogens is 2. The Balaban J connectivity index is 3.36. The van der Waals surface area contributed by atoms with Crippen LogP contribution in [0.3, 0.4) is 0 Å². The van der Waals surface area contributed by atoms with E-state index in [4.69, 9.17) is 34.2 Å². The van der Waals surface area contributed by atoms with Crippen LogP contribution >= 0.6 is 23.2 Å². The number of amides is 1. The lowest BCUT2D eigenvalue weighted by Gasteiger charge is -2.03. The van der Waals surface area contributed by atoms with Crippen molar-refractivity contribution in [3.05, 3.63) is 33.3 Å². The van der Waals surface area contributed by atoms with Crippen LogP contribution in [0.15, 0.2) is 17.7 Å². The fraction of sp³-hybridized carbons (Fsp3) is 0. The molecule has 0 aliphatic carbocycles. The summed E-state index contributed by atoms with van der Waals surface area (Å²) >= 11 is 11.4. The van der Waals surface area contributed by atoms with E-state index in [-0.39, 0.29) is 26.9 Å². The number of rotatable bonds is 2. The van der Waals surface area contributed by atoms with Crippen LogP contribution in [0.1, 0.15) is 5.56 Å². The Bertz CT molecular complexity index is 495. The number of aromatic hydroxyl groups is 1. The van der Waals surface area contributed by atoms with Gasteiger partial charge < -0.3 is 10.8 Å². The molecular weight excluding hydrogens is 251 g/mol. The molecule has 0 saturated heterocycles. The first kappa shape index (κ1) is 12.4. The number of primary amides is 1. The van der Waals surface area contributed by atoms with Gasteiger partial charge in [-0.05, 0) is 18.2 Å². The van der Waals surface area contributed by atoms with E-state index in [0.29, 0.717) is 0 Å². The van der Waals surface area contributed by atoms with Gasteiger partial charge in [-0.25, -0.2) is 0 Å². The number of hydrogen-bond donors (Lipinski definition) is 2. The zero-order valence-corrected chi connectivity index (χ0v) is 9.38. The monoisotopic (exact) mass is 256 g/mol. The second kappa shape index (κ2) is 4.88. The van der Waals surface area contributed by atoms with E-state index in [1.807, 2.05) is 0 Å². The highest BCUT2D eigenvalue weighted by molar-refractivity contribution is 6.36. The van der Waals surface area contributed by atoms with Crippen LogP contribution in [0, 0.1) is 11.3 Å². The fourth-order valence-electron chi connectivity index (χ4n) is 1.02. The Hall–Kier alpha value is -1.70. The first-order chi connectivity index (χ1) is 7.45. The molecule has 0 unspecified atom stereocenters. The molecule has 1 aromatic rings. The molecule has 0 aromatic heterocycles. The van der Waals surface area contributed by atoms with Gasteiger partial charge in [0.25, 0.3) is 5.91 Å². The molecule has 0 aliphatic heterocycles. The van der Waals surface area contributed by atoms with Gasteiger partial charge in [0.2, 0.25) is 0 Å². The molecule has 1 amide bonds. The fourth-order valence-corrected chi connectivity index (χ4v) is 1.55. The first-order valence-corrected chi connectivity index (χ1v) is 4.81. The van der Waals surface area contributed by atoms with E-state index in [9.17, 15) is 9.90 Å². The third-order valence-corrected chi connectivity index (χ3v) is 2.28. The van der Waals surface area contributed by atoms with Crippen molar-refractivity contribution in [2.75, 3.05) is 0 Å². The average molecular weight is 257 g/mol. The largest absolute Gasteiger partial charge is 0.507 e. The zero-order chi connectivity index (χ0) is 12.3. The number of benzene rings is 1. The number of hydrogen-bond acceptors (Lipinski definition) is 3. The van der Waals surface area contributed by atoms with Crippen molar-refractivity contribution in [3.63, 3.8) is 0 Å². The maximum absolute atomic E-state index is 10.8. The molecule has 0 bridgehead atoms. The van der Waals surface area contributed by atoms with Gasteiger partial charge in [-0.3, -0.25) is 4.79 Å². The second-order valence-corrected chi connectivity index (χ2v) is 3.70. The topological polar surface area (TPSA) is 87.1 Å². The van der Waals surface area contributed by atoms with Crippen LogP contribution in [0.5, 0.6) is 5.75 Å². The first-order valence-electron chi connectivity index (χ1n) is 4.05. The van der Waals surface area contributed by atoms with E-state index in [1.165, 1.54) is 12.1 Å². The van der Waals surface area contributed by atoms with Gasteiger partial charge in [-0.2, -0.15) is 5.26 Å². The lowest BCUT2D eigenvalue weighted by molar-refractivity contribution is -0.114. The predicted molar refractivity (Wildman–Crippen MR) is 60.9 cm³/mol. The maximum atomic E-state index is 10.8. The number of phenolic OH excluding ortho intramolecular Hbond substituents is 1. The molecule has 0 heterocycles. The van der Waals surface area contributed by atoms with Crippen LogP contribution in [-0.2, 0) is 4.79 Å². The molecular formula is C10H6Cl2N2O2. The smallest absolute Gasteiger partial charge is 0.259 e. The Morgan fingerprint density at radius 1 is 1.50 bits per heavy atom. The van der Waals surface area contributed by atoms with E-state index in [1.54, 1.807) is 6.07 Å². The summed E-state index contributed by atoms with van der Waals surface area (Å²) in [4.78, 5) is 10.8. The standard InChI is InChI=1S/C10H6Cl2N2O2/c11-6-2-8(12)7(9(15)3-6)1-5(4-13)10(14)16/h1-3,15H,(H2,14,16). The molecule has 82 valence electrons. The molecule has 0 saturated carbocycles. The summed E-state index contributed by atoms with van der Waals surface area (Å²) in [5.41, 5.74) is 4.76. The number of nitriles is 1. The van der Waals surface area contributed by atoms with E-state index in [0.717, 1.165) is 6.08 Å². The van der Waals surface area contributed by atoms with Crippen LogP contribution in [-0.4, -0.2) is 11.0 Å². The van der Waals surface area contributed by atoms with Crippen molar-refractivity contribution < 1.29 is 9.90 Å².